The second kappa shape index (κ2) is 6.49. The monoisotopic (exact) mass is 408 g/mol. The number of aryl methyl sites for hydroxylation is 1. The summed E-state index contributed by atoms with van der Waals surface area (Å²) in [5.74, 6) is 0.947. The standard InChI is InChI=1S/C20H16N4O4S/c1-12-8-16-19(21-10-22-20(16)23-12)13-2-4-14(5-3-13)24-29(25,26)15-6-7-17-18(9-15)28-11-27-17/h2-10,24H,11H2,1H3,(H,21,22,23). The fraction of sp³-hybridized carbons (Fsp3) is 0.100. The van der Waals surface area contributed by atoms with E-state index in [1.54, 1.807) is 18.2 Å². The summed E-state index contributed by atoms with van der Waals surface area (Å²) in [4.78, 5) is 11.9. The molecule has 9 heteroatoms. The quantitative estimate of drug-likeness (QED) is 0.536. The van der Waals surface area contributed by atoms with Crippen molar-refractivity contribution in [3.8, 4) is 22.8 Å². The Balaban J connectivity index is 1.43. The van der Waals surface area contributed by atoms with Crippen LogP contribution in [0.4, 0.5) is 5.69 Å². The largest absolute Gasteiger partial charge is 0.454 e. The number of ether oxygens (including phenoxy) is 2. The number of H-pyrrole nitrogens is 1. The lowest BCUT2D eigenvalue weighted by atomic mass is 10.1. The Hall–Kier alpha value is -3.59. The minimum Gasteiger partial charge on any atom is -0.454 e. The normalized spacial score (nSPS) is 13.0. The third kappa shape index (κ3) is 3.15. The van der Waals surface area contributed by atoms with E-state index in [9.17, 15) is 8.42 Å². The lowest BCUT2D eigenvalue weighted by Gasteiger charge is -2.10. The van der Waals surface area contributed by atoms with E-state index in [0.29, 0.717) is 17.2 Å². The number of aromatic amines is 1. The average molecular weight is 408 g/mol. The maximum absolute atomic E-state index is 12.7. The van der Waals surface area contributed by atoms with Crippen LogP contribution in [0.2, 0.25) is 0 Å². The molecular weight excluding hydrogens is 392 g/mol. The highest BCUT2D eigenvalue weighted by molar-refractivity contribution is 7.92. The van der Waals surface area contributed by atoms with Crippen LogP contribution in [0.3, 0.4) is 0 Å². The zero-order valence-corrected chi connectivity index (χ0v) is 16.2. The molecule has 0 radical (unpaired) electrons. The van der Waals surface area contributed by atoms with E-state index in [1.807, 2.05) is 25.1 Å². The number of benzene rings is 2. The zero-order chi connectivity index (χ0) is 20.0. The predicted octanol–water partition coefficient (Wildman–Crippen LogP) is 3.46. The van der Waals surface area contributed by atoms with Crippen LogP contribution >= 0.6 is 0 Å². The summed E-state index contributed by atoms with van der Waals surface area (Å²) in [6.07, 6.45) is 1.50. The topological polar surface area (TPSA) is 106 Å². The number of rotatable bonds is 4. The molecule has 2 aromatic heterocycles. The van der Waals surface area contributed by atoms with Crippen LogP contribution in [0.25, 0.3) is 22.3 Å². The van der Waals surface area contributed by atoms with Gasteiger partial charge in [-0.2, -0.15) is 0 Å². The molecule has 0 atom stereocenters. The molecule has 1 aliphatic rings. The molecule has 2 aromatic carbocycles. The second-order valence-electron chi connectivity index (χ2n) is 6.63. The lowest BCUT2D eigenvalue weighted by molar-refractivity contribution is 0.174. The molecule has 4 aromatic rings. The van der Waals surface area contributed by atoms with Crippen molar-refractivity contribution in [2.45, 2.75) is 11.8 Å². The van der Waals surface area contributed by atoms with Crippen molar-refractivity contribution >= 4 is 26.7 Å². The number of hydrogen-bond donors (Lipinski definition) is 2. The summed E-state index contributed by atoms with van der Waals surface area (Å²) in [6.45, 7) is 2.05. The first kappa shape index (κ1) is 17.5. The summed E-state index contributed by atoms with van der Waals surface area (Å²) < 4.78 is 38.5. The molecule has 0 amide bonds. The molecule has 0 bridgehead atoms. The molecule has 0 spiro atoms. The van der Waals surface area contributed by atoms with Crippen molar-refractivity contribution in [3.05, 3.63) is 60.6 Å². The first-order valence-electron chi connectivity index (χ1n) is 8.83. The van der Waals surface area contributed by atoms with Crippen LogP contribution in [0.1, 0.15) is 5.69 Å². The van der Waals surface area contributed by atoms with E-state index in [-0.39, 0.29) is 11.7 Å². The number of sulfonamides is 1. The summed E-state index contributed by atoms with van der Waals surface area (Å²) in [6, 6.07) is 13.5. The number of aromatic nitrogens is 3. The highest BCUT2D eigenvalue weighted by Crippen LogP contribution is 2.34. The highest BCUT2D eigenvalue weighted by Gasteiger charge is 2.20. The fourth-order valence-electron chi connectivity index (χ4n) is 3.26. The number of nitrogens with one attached hydrogen (secondary N) is 2. The van der Waals surface area contributed by atoms with E-state index in [1.165, 1.54) is 18.5 Å². The van der Waals surface area contributed by atoms with Gasteiger partial charge in [0.2, 0.25) is 6.79 Å². The summed E-state index contributed by atoms with van der Waals surface area (Å²) >= 11 is 0. The molecule has 146 valence electrons. The smallest absolute Gasteiger partial charge is 0.262 e. The molecule has 0 aliphatic carbocycles. The van der Waals surface area contributed by atoms with Gasteiger partial charge >= 0.3 is 0 Å². The van der Waals surface area contributed by atoms with E-state index in [4.69, 9.17) is 9.47 Å². The molecule has 0 saturated carbocycles. The first-order valence-corrected chi connectivity index (χ1v) is 10.3. The van der Waals surface area contributed by atoms with Gasteiger partial charge in [0.05, 0.1) is 10.6 Å². The number of anilines is 1. The van der Waals surface area contributed by atoms with Gasteiger partial charge in [0.25, 0.3) is 10.0 Å². The lowest BCUT2D eigenvalue weighted by Crippen LogP contribution is -2.12. The average Bonchev–Trinajstić information content (AvgIpc) is 3.32. The van der Waals surface area contributed by atoms with Gasteiger partial charge in [-0.15, -0.1) is 0 Å². The zero-order valence-electron chi connectivity index (χ0n) is 15.3. The van der Waals surface area contributed by atoms with Crippen LogP contribution in [0.15, 0.2) is 59.8 Å². The summed E-state index contributed by atoms with van der Waals surface area (Å²) in [5, 5.41) is 0.915. The first-order chi connectivity index (χ1) is 14.0. The van der Waals surface area contributed by atoms with Gasteiger partial charge in [0.1, 0.15) is 12.0 Å². The van der Waals surface area contributed by atoms with Gasteiger partial charge in [0.15, 0.2) is 11.5 Å². The summed E-state index contributed by atoms with van der Waals surface area (Å²) in [5.41, 5.74) is 3.85. The molecule has 0 unspecified atom stereocenters. The molecule has 3 heterocycles. The van der Waals surface area contributed by atoms with Gasteiger partial charge in [-0.3, -0.25) is 4.72 Å². The third-order valence-corrected chi connectivity index (χ3v) is 6.00. The summed E-state index contributed by atoms with van der Waals surface area (Å²) in [7, 11) is -3.76. The number of nitrogens with zero attached hydrogens (tertiary/aromatic N) is 2. The van der Waals surface area contributed by atoms with Gasteiger partial charge in [-0.1, -0.05) is 12.1 Å². The van der Waals surface area contributed by atoms with Gasteiger partial charge in [-0.25, -0.2) is 18.4 Å². The fourth-order valence-corrected chi connectivity index (χ4v) is 4.33. The molecular formula is C20H16N4O4S. The second-order valence-corrected chi connectivity index (χ2v) is 8.32. The molecule has 0 fully saturated rings. The van der Waals surface area contributed by atoms with Gasteiger partial charge in [0, 0.05) is 28.4 Å². The van der Waals surface area contributed by atoms with Crippen LogP contribution < -0.4 is 14.2 Å². The molecule has 2 N–H and O–H groups in total. The Morgan fingerprint density at radius 2 is 1.79 bits per heavy atom. The van der Waals surface area contributed by atoms with Crippen LogP contribution in [-0.2, 0) is 10.0 Å². The minimum atomic E-state index is -3.76. The predicted molar refractivity (Wildman–Crippen MR) is 107 cm³/mol. The Bertz CT molecular complexity index is 1330. The van der Waals surface area contributed by atoms with Crippen molar-refractivity contribution in [3.63, 3.8) is 0 Å². The Labute approximate surface area is 166 Å². The van der Waals surface area contributed by atoms with Crippen molar-refractivity contribution in [2.75, 3.05) is 11.5 Å². The van der Waals surface area contributed by atoms with Crippen molar-refractivity contribution < 1.29 is 17.9 Å². The Kier molecular flexibility index (Phi) is 3.92. The van der Waals surface area contributed by atoms with E-state index in [2.05, 4.69) is 19.7 Å². The van der Waals surface area contributed by atoms with Gasteiger partial charge in [-0.05, 0) is 37.3 Å². The maximum Gasteiger partial charge on any atom is 0.262 e. The molecule has 5 rings (SSSR count). The molecule has 0 saturated heterocycles. The Morgan fingerprint density at radius 1 is 1.00 bits per heavy atom. The maximum atomic E-state index is 12.7. The van der Waals surface area contributed by atoms with Crippen LogP contribution in [0, 0.1) is 6.92 Å². The minimum absolute atomic E-state index is 0.0880. The third-order valence-electron chi connectivity index (χ3n) is 4.63. The van der Waals surface area contributed by atoms with E-state index < -0.39 is 10.0 Å². The number of hydrogen-bond acceptors (Lipinski definition) is 6. The molecule has 29 heavy (non-hydrogen) atoms. The molecule has 8 nitrogen and oxygen atoms in total. The molecule has 1 aliphatic heterocycles. The highest BCUT2D eigenvalue weighted by atomic mass is 32.2. The van der Waals surface area contributed by atoms with Crippen LogP contribution in [0.5, 0.6) is 11.5 Å². The number of fused-ring (bicyclic) bond motifs is 2. The van der Waals surface area contributed by atoms with Crippen LogP contribution in [-0.4, -0.2) is 30.2 Å². The van der Waals surface area contributed by atoms with Crippen molar-refractivity contribution in [1.29, 1.82) is 0 Å². The SMILES string of the molecule is Cc1cc2c(-c3ccc(NS(=O)(=O)c4ccc5c(c4)OCO5)cc3)ncnc2[nH]1. The van der Waals surface area contributed by atoms with Crippen molar-refractivity contribution in [2.24, 2.45) is 0 Å². The van der Waals surface area contributed by atoms with Crippen molar-refractivity contribution in [1.82, 2.24) is 15.0 Å². The van der Waals surface area contributed by atoms with Gasteiger partial charge < -0.3 is 14.5 Å². The Morgan fingerprint density at radius 3 is 2.62 bits per heavy atom. The van der Waals surface area contributed by atoms with E-state index >= 15 is 0 Å². The van der Waals surface area contributed by atoms with E-state index in [0.717, 1.165) is 28.0 Å².